The second kappa shape index (κ2) is 6.61. The Balaban J connectivity index is 1.47. The summed E-state index contributed by atoms with van der Waals surface area (Å²) in [5, 5.41) is 1.43. The first-order valence-corrected chi connectivity index (χ1v) is 10.7. The van der Waals surface area contributed by atoms with E-state index in [-0.39, 0.29) is 6.23 Å². The molecule has 2 saturated heterocycles. The van der Waals surface area contributed by atoms with Crippen LogP contribution in [0.2, 0.25) is 0 Å². The van der Waals surface area contributed by atoms with Crippen LogP contribution in [0.1, 0.15) is 50.9 Å². The van der Waals surface area contributed by atoms with Gasteiger partial charge in [0.1, 0.15) is 6.23 Å². The van der Waals surface area contributed by atoms with E-state index in [1.807, 2.05) is 0 Å². The number of nitrogens with zero attached hydrogens (tertiary/aromatic N) is 2. The Hall–Kier alpha value is -1.36. The fourth-order valence-electron chi connectivity index (χ4n) is 5.86. The van der Waals surface area contributed by atoms with Crippen molar-refractivity contribution in [3.05, 3.63) is 35.5 Å². The molecule has 146 valence electrons. The van der Waals surface area contributed by atoms with E-state index in [1.54, 1.807) is 5.56 Å². The smallest absolute Gasteiger partial charge is 0.111 e. The third-order valence-electron chi connectivity index (χ3n) is 7.30. The second-order valence-corrected chi connectivity index (χ2v) is 9.38. The first-order chi connectivity index (χ1) is 13.0. The number of fused-ring (bicyclic) bond motifs is 6. The molecule has 0 saturated carbocycles. The van der Waals surface area contributed by atoms with Gasteiger partial charge in [-0.05, 0) is 50.8 Å². The normalized spacial score (nSPS) is 34.5. The molecule has 4 nitrogen and oxygen atoms in total. The number of H-pyrrole nitrogens is 1. The molecule has 3 aliphatic rings. The predicted molar refractivity (Wildman–Crippen MR) is 110 cm³/mol. The van der Waals surface area contributed by atoms with E-state index in [9.17, 15) is 0 Å². The summed E-state index contributed by atoms with van der Waals surface area (Å²) < 4.78 is 6.47. The molecule has 0 radical (unpaired) electrons. The first kappa shape index (κ1) is 17.7. The maximum Gasteiger partial charge on any atom is 0.111 e. The van der Waals surface area contributed by atoms with E-state index in [0.717, 1.165) is 19.4 Å². The van der Waals surface area contributed by atoms with Gasteiger partial charge in [0.2, 0.25) is 0 Å². The lowest BCUT2D eigenvalue weighted by Gasteiger charge is -2.55. The third kappa shape index (κ3) is 2.84. The van der Waals surface area contributed by atoms with Crippen LogP contribution in [0, 0.1) is 11.8 Å². The van der Waals surface area contributed by atoms with E-state index < -0.39 is 0 Å². The zero-order chi connectivity index (χ0) is 18.7. The summed E-state index contributed by atoms with van der Waals surface area (Å²) in [6.07, 6.45) is 4.10. The molecular formula is C23H33N3O. The van der Waals surface area contributed by atoms with Crippen LogP contribution in [0.3, 0.4) is 0 Å². The number of aromatic nitrogens is 1. The number of hydrogen-bond acceptors (Lipinski definition) is 3. The fourth-order valence-corrected chi connectivity index (χ4v) is 5.86. The average Bonchev–Trinajstić information content (AvgIpc) is 3.03. The summed E-state index contributed by atoms with van der Waals surface area (Å²) in [4.78, 5) is 9.06. The highest BCUT2D eigenvalue weighted by atomic mass is 16.5. The summed E-state index contributed by atoms with van der Waals surface area (Å²) in [5.74, 6) is 1.27. The van der Waals surface area contributed by atoms with Crippen molar-refractivity contribution in [1.29, 1.82) is 0 Å². The Kier molecular flexibility index (Phi) is 4.34. The first-order valence-electron chi connectivity index (χ1n) is 10.7. The van der Waals surface area contributed by atoms with Gasteiger partial charge in [0.15, 0.2) is 0 Å². The minimum Gasteiger partial charge on any atom is -0.360 e. The van der Waals surface area contributed by atoms with Gasteiger partial charge in [0.25, 0.3) is 0 Å². The van der Waals surface area contributed by atoms with Crippen LogP contribution < -0.4 is 0 Å². The lowest BCUT2D eigenvalue weighted by atomic mass is 9.78. The molecule has 2 fully saturated rings. The molecule has 4 heteroatoms. The third-order valence-corrected chi connectivity index (χ3v) is 7.30. The van der Waals surface area contributed by atoms with Gasteiger partial charge in [-0.15, -0.1) is 0 Å². The van der Waals surface area contributed by atoms with Crippen LogP contribution in [0.15, 0.2) is 24.3 Å². The molecule has 1 unspecified atom stereocenters. The van der Waals surface area contributed by atoms with Crippen molar-refractivity contribution in [1.82, 2.24) is 14.8 Å². The van der Waals surface area contributed by atoms with Crippen molar-refractivity contribution >= 4 is 10.9 Å². The molecule has 1 aromatic carbocycles. The van der Waals surface area contributed by atoms with Crippen molar-refractivity contribution < 1.29 is 4.74 Å². The molecule has 5 rings (SSSR count). The molecule has 1 N–H and O–H groups in total. The zero-order valence-corrected chi connectivity index (χ0v) is 17.1. The summed E-state index contributed by atoms with van der Waals surface area (Å²) in [7, 11) is 2.29. The number of hydrogen-bond donors (Lipinski definition) is 1. The monoisotopic (exact) mass is 367 g/mol. The summed E-state index contributed by atoms with van der Waals surface area (Å²) in [5.41, 5.74) is 4.35. The number of aromatic amines is 1. The summed E-state index contributed by atoms with van der Waals surface area (Å²) in [6, 6.07) is 9.96. The Labute approximate surface area is 162 Å². The number of para-hydroxylation sites is 1. The highest BCUT2D eigenvalue weighted by Crippen LogP contribution is 2.45. The Morgan fingerprint density at radius 2 is 2.07 bits per heavy atom. The van der Waals surface area contributed by atoms with Gasteiger partial charge in [-0.1, -0.05) is 32.0 Å². The van der Waals surface area contributed by atoms with Crippen molar-refractivity contribution in [3.8, 4) is 0 Å². The number of ether oxygens (including phenoxy) is 1. The SMILES string of the molecule is CC(C)CC1O[C@@H](C)[C@@H]2CN3CCc4c([nH]c5ccccc45)[C@@H]3C[C@@H]2N1C. The molecule has 0 aliphatic carbocycles. The zero-order valence-electron chi connectivity index (χ0n) is 17.1. The Morgan fingerprint density at radius 1 is 1.26 bits per heavy atom. The van der Waals surface area contributed by atoms with E-state index in [4.69, 9.17) is 4.74 Å². The average molecular weight is 368 g/mol. The molecule has 3 aliphatic heterocycles. The van der Waals surface area contributed by atoms with Crippen molar-refractivity contribution in [2.24, 2.45) is 11.8 Å². The quantitative estimate of drug-likeness (QED) is 0.864. The highest BCUT2D eigenvalue weighted by Gasteiger charge is 2.47. The molecule has 0 spiro atoms. The van der Waals surface area contributed by atoms with Crippen LogP contribution in [-0.2, 0) is 11.2 Å². The summed E-state index contributed by atoms with van der Waals surface area (Å²) >= 11 is 0. The molecule has 0 amide bonds. The van der Waals surface area contributed by atoms with E-state index in [1.165, 1.54) is 29.6 Å². The lowest BCUT2D eigenvalue weighted by molar-refractivity contribution is -0.203. The highest BCUT2D eigenvalue weighted by molar-refractivity contribution is 5.85. The van der Waals surface area contributed by atoms with Crippen LogP contribution in [0.25, 0.3) is 10.9 Å². The molecule has 0 bridgehead atoms. The topological polar surface area (TPSA) is 31.5 Å². The van der Waals surface area contributed by atoms with Gasteiger partial charge in [-0.25, -0.2) is 0 Å². The lowest BCUT2D eigenvalue weighted by Crippen LogP contribution is -2.62. The van der Waals surface area contributed by atoms with Gasteiger partial charge in [0.05, 0.1) is 12.1 Å². The van der Waals surface area contributed by atoms with Gasteiger partial charge in [-0.2, -0.15) is 0 Å². The van der Waals surface area contributed by atoms with E-state index in [0.29, 0.717) is 30.0 Å². The Morgan fingerprint density at radius 3 is 2.89 bits per heavy atom. The van der Waals surface area contributed by atoms with Crippen LogP contribution >= 0.6 is 0 Å². The number of rotatable bonds is 2. The van der Waals surface area contributed by atoms with Gasteiger partial charge in [-0.3, -0.25) is 9.80 Å². The maximum absolute atomic E-state index is 6.47. The molecular weight excluding hydrogens is 334 g/mol. The van der Waals surface area contributed by atoms with Crippen molar-refractivity contribution in [3.63, 3.8) is 0 Å². The van der Waals surface area contributed by atoms with E-state index in [2.05, 4.69) is 66.9 Å². The van der Waals surface area contributed by atoms with Gasteiger partial charge in [0, 0.05) is 41.6 Å². The van der Waals surface area contributed by atoms with Crippen LogP contribution in [0.4, 0.5) is 0 Å². The second-order valence-electron chi connectivity index (χ2n) is 9.38. The maximum atomic E-state index is 6.47. The number of piperidine rings is 1. The number of benzene rings is 1. The summed E-state index contributed by atoms with van der Waals surface area (Å²) in [6.45, 7) is 9.23. The van der Waals surface area contributed by atoms with Gasteiger partial charge >= 0.3 is 0 Å². The van der Waals surface area contributed by atoms with Crippen LogP contribution in [0.5, 0.6) is 0 Å². The standard InChI is InChI=1S/C23H33N3O/c1-14(2)11-22-25(4)20-12-21-23-17(16-7-5-6-8-19(16)24-23)9-10-26(21)13-18(20)15(3)27-22/h5-8,14-15,18,20-22,24H,9-13H2,1-4H3/t15-,18-,20-,21-,22?/m0/s1. The molecule has 5 atom stereocenters. The van der Waals surface area contributed by atoms with Crippen molar-refractivity contribution in [2.75, 3.05) is 20.1 Å². The molecule has 4 heterocycles. The largest absolute Gasteiger partial charge is 0.360 e. The predicted octanol–water partition coefficient (Wildman–Crippen LogP) is 4.18. The van der Waals surface area contributed by atoms with Crippen molar-refractivity contribution in [2.45, 2.75) is 64.4 Å². The van der Waals surface area contributed by atoms with Crippen LogP contribution in [-0.4, -0.2) is 53.3 Å². The molecule has 27 heavy (non-hydrogen) atoms. The molecule has 2 aromatic rings. The van der Waals surface area contributed by atoms with E-state index >= 15 is 0 Å². The minimum atomic E-state index is 0.263. The van der Waals surface area contributed by atoms with Gasteiger partial charge < -0.3 is 9.72 Å². The molecule has 1 aromatic heterocycles. The number of nitrogens with one attached hydrogen (secondary N) is 1. The minimum absolute atomic E-state index is 0.263. The Bertz CT molecular complexity index is 828. The fraction of sp³-hybridized carbons (Fsp3) is 0.652.